The maximum Gasteiger partial charge on any atom is 0.130 e. The molecule has 0 bridgehead atoms. The van der Waals surface area contributed by atoms with Gasteiger partial charge in [0, 0.05) is 37.4 Å². The minimum Gasteiger partial charge on any atom is -0.397 e. The van der Waals surface area contributed by atoms with Crippen molar-refractivity contribution >= 4 is 29.1 Å². The van der Waals surface area contributed by atoms with Crippen LogP contribution in [0, 0.1) is 0 Å². The second kappa shape index (κ2) is 6.76. The van der Waals surface area contributed by atoms with Crippen LogP contribution in [-0.4, -0.2) is 49.0 Å². The quantitative estimate of drug-likeness (QED) is 0.803. The maximum absolute atomic E-state index is 15.4. The minimum atomic E-state index is -1.27. The highest BCUT2D eigenvalue weighted by molar-refractivity contribution is 6.33. The van der Waals surface area contributed by atoms with Crippen LogP contribution in [0.5, 0.6) is 0 Å². The van der Waals surface area contributed by atoms with Gasteiger partial charge in [-0.05, 0) is 38.8 Å². The summed E-state index contributed by atoms with van der Waals surface area (Å²) in [5.41, 5.74) is 5.87. The number of benzene rings is 1. The van der Waals surface area contributed by atoms with Crippen molar-refractivity contribution < 1.29 is 8.78 Å². The number of nitrogens with two attached hydrogens (primary N) is 1. The van der Waals surface area contributed by atoms with Crippen molar-refractivity contribution in [3.05, 3.63) is 28.8 Å². The van der Waals surface area contributed by atoms with Gasteiger partial charge in [-0.1, -0.05) is 23.8 Å². The second-order valence-corrected chi connectivity index (χ2v) is 8.23. The zero-order valence-electron chi connectivity index (χ0n) is 14.9. The van der Waals surface area contributed by atoms with Gasteiger partial charge < -0.3 is 10.6 Å². The van der Waals surface area contributed by atoms with Crippen LogP contribution in [-0.2, 0) is 0 Å². The number of anilines is 2. The van der Waals surface area contributed by atoms with Crippen molar-refractivity contribution in [2.24, 2.45) is 0 Å². The topological polar surface area (TPSA) is 32.5 Å². The molecule has 0 unspecified atom stereocenters. The molecule has 25 heavy (non-hydrogen) atoms. The molecule has 0 saturated carbocycles. The maximum atomic E-state index is 15.4. The van der Waals surface area contributed by atoms with Gasteiger partial charge in [0.1, 0.15) is 11.3 Å². The molecule has 138 valence electrons. The molecule has 0 amide bonds. The molecule has 2 heterocycles. The number of hydrogen-bond donors (Lipinski definition) is 1. The molecule has 0 aliphatic carbocycles. The lowest BCUT2D eigenvalue weighted by atomic mass is 9.91. The molecular formula is C19H26ClF2N3. The average Bonchev–Trinajstić information content (AvgIpc) is 2.53. The zero-order chi connectivity index (χ0) is 18.2. The number of fused-ring (bicyclic) bond motifs is 1. The predicted octanol–water partition coefficient (Wildman–Crippen LogP) is 4.31. The third-order valence-corrected chi connectivity index (χ3v) is 5.32. The fourth-order valence-corrected chi connectivity index (χ4v) is 3.90. The van der Waals surface area contributed by atoms with E-state index >= 15 is 4.39 Å². The molecule has 6 heteroatoms. The molecule has 0 spiro atoms. The van der Waals surface area contributed by atoms with Gasteiger partial charge in [-0.15, -0.1) is 0 Å². The van der Waals surface area contributed by atoms with Crippen molar-refractivity contribution in [2.75, 3.05) is 43.4 Å². The Kier molecular flexibility index (Phi) is 5.00. The average molecular weight is 370 g/mol. The lowest BCUT2D eigenvalue weighted by molar-refractivity contribution is 0.0369. The number of nitrogens with zero attached hydrogens (tertiary/aromatic N) is 2. The Morgan fingerprint density at radius 3 is 2.60 bits per heavy atom. The number of alkyl halides is 2. The largest absolute Gasteiger partial charge is 0.397 e. The Morgan fingerprint density at radius 1 is 1.28 bits per heavy atom. The molecule has 2 aliphatic heterocycles. The molecule has 3 nitrogen and oxygen atoms in total. The monoisotopic (exact) mass is 369 g/mol. The first-order chi connectivity index (χ1) is 11.7. The highest BCUT2D eigenvalue weighted by atomic mass is 35.5. The summed E-state index contributed by atoms with van der Waals surface area (Å²) >= 11 is 6.09. The van der Waals surface area contributed by atoms with Gasteiger partial charge in [0.05, 0.1) is 17.3 Å². The summed E-state index contributed by atoms with van der Waals surface area (Å²) in [4.78, 5) is 4.04. The molecular weight excluding hydrogens is 344 g/mol. The Labute approximate surface area is 153 Å². The normalized spacial score (nSPS) is 20.6. The van der Waals surface area contributed by atoms with Crippen LogP contribution in [0.2, 0.25) is 5.02 Å². The van der Waals surface area contributed by atoms with Crippen LogP contribution in [0.4, 0.5) is 20.2 Å². The van der Waals surface area contributed by atoms with E-state index < -0.39 is 11.3 Å². The first-order valence-electron chi connectivity index (χ1n) is 8.77. The number of piperidine rings is 1. The summed E-state index contributed by atoms with van der Waals surface area (Å²) in [6, 6.07) is 3.67. The van der Waals surface area contributed by atoms with Gasteiger partial charge in [-0.2, -0.15) is 0 Å². The minimum absolute atomic E-state index is 0.318. The highest BCUT2D eigenvalue weighted by Crippen LogP contribution is 2.37. The van der Waals surface area contributed by atoms with E-state index in [1.807, 2.05) is 28.0 Å². The molecule has 1 aromatic rings. The first-order valence-corrected chi connectivity index (χ1v) is 9.14. The van der Waals surface area contributed by atoms with E-state index in [0.717, 1.165) is 11.3 Å². The zero-order valence-corrected chi connectivity index (χ0v) is 15.6. The molecule has 0 aromatic heterocycles. The fourth-order valence-electron chi connectivity index (χ4n) is 3.74. The van der Waals surface area contributed by atoms with Gasteiger partial charge in [0.2, 0.25) is 0 Å². The summed E-state index contributed by atoms with van der Waals surface area (Å²) < 4.78 is 29.2. The third-order valence-electron chi connectivity index (χ3n) is 4.99. The van der Waals surface area contributed by atoms with Crippen LogP contribution in [0.15, 0.2) is 18.2 Å². The SMILES string of the molecule is CC(C)(F)CN1CCC(F)(CN2CC=Cc3c2ccc(Cl)c3N)CC1. The van der Waals surface area contributed by atoms with Crippen LogP contribution in [0.3, 0.4) is 0 Å². The van der Waals surface area contributed by atoms with E-state index in [1.165, 1.54) is 0 Å². The number of halogens is 3. The fraction of sp³-hybridized carbons (Fsp3) is 0.579. The van der Waals surface area contributed by atoms with Crippen molar-refractivity contribution in [1.82, 2.24) is 4.90 Å². The molecule has 2 aliphatic rings. The van der Waals surface area contributed by atoms with Crippen molar-refractivity contribution in [3.8, 4) is 0 Å². The lowest BCUT2D eigenvalue weighted by Gasteiger charge is -2.41. The van der Waals surface area contributed by atoms with Gasteiger partial charge in [-0.3, -0.25) is 4.90 Å². The Bertz CT molecular complexity index is 661. The lowest BCUT2D eigenvalue weighted by Crippen LogP contribution is -2.50. The number of rotatable bonds is 4. The van der Waals surface area contributed by atoms with Gasteiger partial charge in [0.15, 0.2) is 0 Å². The third kappa shape index (κ3) is 4.26. The van der Waals surface area contributed by atoms with E-state index in [0.29, 0.717) is 56.3 Å². The van der Waals surface area contributed by atoms with E-state index in [4.69, 9.17) is 17.3 Å². The standard InChI is InChI=1S/C19H26ClF2N3/c1-18(2,21)12-24-10-7-19(22,8-11-24)13-25-9-3-4-14-16(25)6-5-15(20)17(14)23/h3-6H,7-13,23H2,1-2H3. The molecule has 1 fully saturated rings. The van der Waals surface area contributed by atoms with Crippen LogP contribution < -0.4 is 10.6 Å². The number of hydrogen-bond acceptors (Lipinski definition) is 3. The van der Waals surface area contributed by atoms with E-state index in [-0.39, 0.29) is 0 Å². The predicted molar refractivity (Wildman–Crippen MR) is 102 cm³/mol. The van der Waals surface area contributed by atoms with Gasteiger partial charge in [-0.25, -0.2) is 8.78 Å². The number of nitrogen functional groups attached to an aromatic ring is 1. The summed E-state index contributed by atoms with van der Waals surface area (Å²) in [6.07, 6.45) is 4.77. The van der Waals surface area contributed by atoms with Crippen molar-refractivity contribution in [1.29, 1.82) is 0 Å². The summed E-state index contributed by atoms with van der Waals surface area (Å²) in [6.45, 7) is 5.63. The van der Waals surface area contributed by atoms with Gasteiger partial charge >= 0.3 is 0 Å². The summed E-state index contributed by atoms with van der Waals surface area (Å²) in [5.74, 6) is 0. The van der Waals surface area contributed by atoms with Crippen molar-refractivity contribution in [3.63, 3.8) is 0 Å². The summed E-state index contributed by atoms with van der Waals surface area (Å²) in [7, 11) is 0. The Hall–Kier alpha value is -1.33. The smallest absolute Gasteiger partial charge is 0.130 e. The van der Waals surface area contributed by atoms with Crippen LogP contribution in [0.1, 0.15) is 32.3 Å². The van der Waals surface area contributed by atoms with Gasteiger partial charge in [0.25, 0.3) is 0 Å². The molecule has 3 rings (SSSR count). The highest BCUT2D eigenvalue weighted by Gasteiger charge is 2.38. The van der Waals surface area contributed by atoms with E-state index in [1.54, 1.807) is 19.9 Å². The molecule has 1 saturated heterocycles. The van der Waals surface area contributed by atoms with E-state index in [9.17, 15) is 4.39 Å². The molecule has 2 N–H and O–H groups in total. The van der Waals surface area contributed by atoms with E-state index in [2.05, 4.69) is 0 Å². The van der Waals surface area contributed by atoms with Crippen LogP contribution in [0.25, 0.3) is 6.08 Å². The van der Waals surface area contributed by atoms with Crippen LogP contribution >= 0.6 is 11.6 Å². The first kappa shape index (κ1) is 18.5. The summed E-state index contributed by atoms with van der Waals surface area (Å²) in [5, 5.41) is 0.516. The number of likely N-dealkylation sites (tertiary alicyclic amines) is 1. The van der Waals surface area contributed by atoms with Crippen molar-refractivity contribution in [2.45, 2.75) is 38.0 Å². The molecule has 0 atom stereocenters. The second-order valence-electron chi connectivity index (χ2n) is 7.82. The Morgan fingerprint density at radius 2 is 1.96 bits per heavy atom. The molecule has 1 aromatic carbocycles. The molecule has 0 radical (unpaired) electrons. The Balaban J connectivity index is 1.68.